The summed E-state index contributed by atoms with van der Waals surface area (Å²) >= 11 is 0. The Bertz CT molecular complexity index is 1020. The molecule has 0 fully saturated rings. The number of aryl methyl sites for hydroxylation is 1. The summed E-state index contributed by atoms with van der Waals surface area (Å²) in [4.78, 5) is 12.0. The number of hydrogen-bond donors (Lipinski definition) is 1. The number of nitrogens with one attached hydrogen (secondary N) is 1. The van der Waals surface area contributed by atoms with Crippen LogP contribution in [-0.2, 0) is 20.8 Å². The molecule has 0 bridgehead atoms. The summed E-state index contributed by atoms with van der Waals surface area (Å²) in [5, 5.41) is 3.21. The van der Waals surface area contributed by atoms with E-state index in [2.05, 4.69) is 11.9 Å². The van der Waals surface area contributed by atoms with Crippen LogP contribution in [0.15, 0.2) is 71.0 Å². The van der Waals surface area contributed by atoms with E-state index in [0.29, 0.717) is 0 Å². The fourth-order valence-electron chi connectivity index (χ4n) is 2.19. The molecule has 2 aromatic carbocycles. The van der Waals surface area contributed by atoms with Crippen molar-refractivity contribution in [2.45, 2.75) is 24.9 Å². The van der Waals surface area contributed by atoms with Crippen LogP contribution in [0.2, 0.25) is 0 Å². The Labute approximate surface area is 161 Å². The third-order valence-electron chi connectivity index (χ3n) is 3.78. The number of amides is 1. The van der Waals surface area contributed by atoms with E-state index >= 15 is 0 Å². The molecule has 0 aromatic heterocycles. The van der Waals surface area contributed by atoms with Crippen molar-refractivity contribution in [3.8, 4) is 0 Å². The summed E-state index contributed by atoms with van der Waals surface area (Å²) in [5.41, 5.74) is 0.0517. The lowest BCUT2D eigenvalue weighted by Gasteiger charge is -2.12. The number of benzene rings is 2. The van der Waals surface area contributed by atoms with Gasteiger partial charge >= 0.3 is 6.18 Å². The van der Waals surface area contributed by atoms with Gasteiger partial charge in [-0.1, -0.05) is 36.4 Å². The molecule has 0 saturated heterocycles. The van der Waals surface area contributed by atoms with Crippen molar-refractivity contribution in [3.63, 3.8) is 0 Å². The standard InChI is InChI=1S/C20H18F3NO3S/c1-13(2)19(25)24-18(15-6-8-16(9-7-15)20(21,22)23)12-28(26,27)17-10-4-14(3)5-11-17/h4-12H,1H2,2-3H3,(H,24,25). The second kappa shape index (κ2) is 8.02. The lowest BCUT2D eigenvalue weighted by atomic mass is 10.1. The van der Waals surface area contributed by atoms with Crippen molar-refractivity contribution < 1.29 is 26.4 Å². The predicted molar refractivity (Wildman–Crippen MR) is 101 cm³/mol. The zero-order valence-corrected chi connectivity index (χ0v) is 16.0. The summed E-state index contributed by atoms with van der Waals surface area (Å²) in [7, 11) is -3.96. The van der Waals surface area contributed by atoms with E-state index in [1.165, 1.54) is 19.1 Å². The summed E-state index contributed by atoms with van der Waals surface area (Å²) in [6.07, 6.45) is -4.53. The smallest absolute Gasteiger partial charge is 0.321 e. The third kappa shape index (κ3) is 5.32. The molecule has 0 saturated carbocycles. The van der Waals surface area contributed by atoms with Crippen LogP contribution >= 0.6 is 0 Å². The molecule has 0 unspecified atom stereocenters. The van der Waals surface area contributed by atoms with Crippen molar-refractivity contribution in [2.75, 3.05) is 0 Å². The van der Waals surface area contributed by atoms with E-state index in [4.69, 9.17) is 0 Å². The number of halogens is 3. The Kier molecular flexibility index (Phi) is 6.14. The first-order valence-corrected chi connectivity index (χ1v) is 9.63. The average molecular weight is 409 g/mol. The fraction of sp³-hybridized carbons (Fsp3) is 0.150. The van der Waals surface area contributed by atoms with Crippen LogP contribution in [0.5, 0.6) is 0 Å². The average Bonchev–Trinajstić information content (AvgIpc) is 2.60. The monoisotopic (exact) mass is 409 g/mol. The van der Waals surface area contributed by atoms with Crippen LogP contribution in [0.25, 0.3) is 5.70 Å². The third-order valence-corrected chi connectivity index (χ3v) is 5.26. The topological polar surface area (TPSA) is 63.2 Å². The van der Waals surface area contributed by atoms with Gasteiger partial charge in [0.15, 0.2) is 0 Å². The van der Waals surface area contributed by atoms with E-state index in [0.717, 1.165) is 35.2 Å². The maximum atomic E-state index is 12.8. The molecule has 1 N–H and O–H groups in total. The maximum absolute atomic E-state index is 12.8. The largest absolute Gasteiger partial charge is 0.416 e. The first kappa shape index (κ1) is 21.4. The van der Waals surface area contributed by atoms with Crippen LogP contribution in [0.3, 0.4) is 0 Å². The van der Waals surface area contributed by atoms with E-state index in [9.17, 15) is 26.4 Å². The molecular formula is C20H18F3NO3S. The Morgan fingerprint density at radius 1 is 1.04 bits per heavy atom. The van der Waals surface area contributed by atoms with E-state index in [-0.39, 0.29) is 21.7 Å². The molecule has 0 aliphatic heterocycles. The highest BCUT2D eigenvalue weighted by molar-refractivity contribution is 7.94. The Morgan fingerprint density at radius 2 is 1.57 bits per heavy atom. The number of carbonyl (C=O) groups is 1. The van der Waals surface area contributed by atoms with E-state index in [1.54, 1.807) is 19.1 Å². The van der Waals surface area contributed by atoms with Gasteiger partial charge < -0.3 is 5.32 Å². The number of sulfone groups is 1. The first-order valence-electron chi connectivity index (χ1n) is 8.08. The van der Waals surface area contributed by atoms with Crippen molar-refractivity contribution in [3.05, 3.63) is 82.8 Å². The molecule has 2 rings (SSSR count). The molecule has 8 heteroatoms. The minimum atomic E-state index is -4.53. The summed E-state index contributed by atoms with van der Waals surface area (Å²) in [6, 6.07) is 9.87. The normalized spacial score (nSPS) is 12.5. The molecule has 0 radical (unpaired) electrons. The van der Waals surface area contributed by atoms with Crippen molar-refractivity contribution in [2.24, 2.45) is 0 Å². The van der Waals surface area contributed by atoms with Gasteiger partial charge in [0.1, 0.15) is 0 Å². The predicted octanol–water partition coefficient (Wildman–Crippen LogP) is 4.48. The van der Waals surface area contributed by atoms with Crippen LogP contribution in [0, 0.1) is 6.92 Å². The minimum Gasteiger partial charge on any atom is -0.321 e. The fourth-order valence-corrected chi connectivity index (χ4v) is 3.35. The molecule has 0 heterocycles. The van der Waals surface area contributed by atoms with Gasteiger partial charge in [0.25, 0.3) is 5.91 Å². The highest BCUT2D eigenvalue weighted by Crippen LogP contribution is 2.30. The second-order valence-electron chi connectivity index (χ2n) is 6.20. The van der Waals surface area contributed by atoms with Gasteiger partial charge in [-0.25, -0.2) is 8.42 Å². The second-order valence-corrected chi connectivity index (χ2v) is 8.00. The minimum absolute atomic E-state index is 0.00733. The first-order chi connectivity index (χ1) is 12.9. The molecule has 4 nitrogen and oxygen atoms in total. The zero-order valence-electron chi connectivity index (χ0n) is 15.2. The summed E-state index contributed by atoms with van der Waals surface area (Å²) in [5.74, 6) is -0.648. The maximum Gasteiger partial charge on any atom is 0.416 e. The molecule has 0 aliphatic rings. The van der Waals surface area contributed by atoms with Crippen molar-refractivity contribution in [1.29, 1.82) is 0 Å². The van der Waals surface area contributed by atoms with Gasteiger partial charge in [-0.15, -0.1) is 0 Å². The molecule has 0 atom stereocenters. The Balaban J connectivity index is 2.52. The quantitative estimate of drug-likeness (QED) is 0.741. The number of rotatable bonds is 5. The molecule has 0 aliphatic carbocycles. The van der Waals surface area contributed by atoms with Gasteiger partial charge in [-0.2, -0.15) is 13.2 Å². The molecule has 0 spiro atoms. The van der Waals surface area contributed by atoms with Crippen molar-refractivity contribution >= 4 is 21.4 Å². The number of hydrogen-bond acceptors (Lipinski definition) is 3. The molecular weight excluding hydrogens is 391 g/mol. The summed E-state index contributed by atoms with van der Waals surface area (Å²) in [6.45, 7) is 6.70. The lowest BCUT2D eigenvalue weighted by molar-refractivity contribution is -0.137. The number of carbonyl (C=O) groups excluding carboxylic acids is 1. The van der Waals surface area contributed by atoms with Gasteiger partial charge in [-0.3, -0.25) is 4.79 Å². The van der Waals surface area contributed by atoms with Crippen LogP contribution in [0.4, 0.5) is 13.2 Å². The highest BCUT2D eigenvalue weighted by Gasteiger charge is 2.30. The molecule has 148 valence electrons. The van der Waals surface area contributed by atoms with Gasteiger partial charge in [0.05, 0.1) is 21.6 Å². The Hall–Kier alpha value is -2.87. The van der Waals surface area contributed by atoms with Gasteiger partial charge in [-0.05, 0) is 43.7 Å². The number of alkyl halides is 3. The van der Waals surface area contributed by atoms with Crippen LogP contribution < -0.4 is 5.32 Å². The zero-order chi connectivity index (χ0) is 21.1. The van der Waals surface area contributed by atoms with Gasteiger partial charge in [0, 0.05) is 5.57 Å². The van der Waals surface area contributed by atoms with E-state index < -0.39 is 27.5 Å². The highest BCUT2D eigenvalue weighted by atomic mass is 32.2. The van der Waals surface area contributed by atoms with Gasteiger partial charge in [0.2, 0.25) is 9.84 Å². The van der Waals surface area contributed by atoms with E-state index in [1.807, 2.05) is 0 Å². The molecule has 1 amide bonds. The Morgan fingerprint density at radius 3 is 2.04 bits per heavy atom. The SMILES string of the molecule is C=C(C)C(=O)NC(=CS(=O)(=O)c1ccc(C)cc1)c1ccc(C(F)(F)F)cc1. The lowest BCUT2D eigenvalue weighted by Crippen LogP contribution is -2.23. The van der Waals surface area contributed by atoms with Crippen LogP contribution in [-0.4, -0.2) is 14.3 Å². The van der Waals surface area contributed by atoms with Crippen LogP contribution in [0.1, 0.15) is 23.6 Å². The molecule has 28 heavy (non-hydrogen) atoms. The van der Waals surface area contributed by atoms with Crippen molar-refractivity contribution in [1.82, 2.24) is 5.32 Å². The molecule has 2 aromatic rings. The summed E-state index contributed by atoms with van der Waals surface area (Å²) < 4.78 is 63.7.